The average molecular weight is 312 g/mol. The van der Waals surface area contributed by atoms with Crippen LogP contribution in [0.2, 0.25) is 0 Å². The molecule has 1 fully saturated rings. The summed E-state index contributed by atoms with van der Waals surface area (Å²) in [5, 5.41) is 9.15. The summed E-state index contributed by atoms with van der Waals surface area (Å²) < 4.78 is 27.5. The standard InChI is InChI=1S/C14H20N2O4S/c1-2-11(7-9-3-4-9)16-21(19,20)13-6-5-10(15)8-12(13)14(17)18/h5-6,8-9,11,16H,2-4,7,15H2,1H3,(H,17,18). The number of hydrogen-bond donors (Lipinski definition) is 3. The summed E-state index contributed by atoms with van der Waals surface area (Å²) in [4.78, 5) is 11.0. The fourth-order valence-corrected chi connectivity index (χ4v) is 3.80. The first kappa shape index (κ1) is 15.8. The number of carboxylic acids is 1. The van der Waals surface area contributed by atoms with Crippen molar-refractivity contribution in [1.29, 1.82) is 0 Å². The normalized spacial score (nSPS) is 16.6. The van der Waals surface area contributed by atoms with Crippen molar-refractivity contribution in [2.75, 3.05) is 5.73 Å². The maximum Gasteiger partial charge on any atom is 0.337 e. The molecule has 1 aromatic rings. The molecule has 0 saturated heterocycles. The number of aromatic carboxylic acids is 1. The van der Waals surface area contributed by atoms with Gasteiger partial charge in [0, 0.05) is 11.7 Å². The molecule has 116 valence electrons. The number of anilines is 1. The second kappa shape index (κ2) is 6.03. The number of nitrogen functional groups attached to an aromatic ring is 1. The Morgan fingerprint density at radius 2 is 2.14 bits per heavy atom. The van der Waals surface area contributed by atoms with Crippen LogP contribution >= 0.6 is 0 Å². The van der Waals surface area contributed by atoms with Crippen molar-refractivity contribution in [3.05, 3.63) is 23.8 Å². The molecular formula is C14H20N2O4S. The highest BCUT2D eigenvalue weighted by Gasteiger charge is 2.29. The second-order valence-corrected chi connectivity index (χ2v) is 7.15. The molecule has 0 aromatic heterocycles. The smallest absolute Gasteiger partial charge is 0.337 e. The zero-order chi connectivity index (χ0) is 15.6. The fourth-order valence-electron chi connectivity index (χ4n) is 2.29. The monoisotopic (exact) mass is 312 g/mol. The van der Waals surface area contributed by atoms with Crippen LogP contribution in [0.5, 0.6) is 0 Å². The lowest BCUT2D eigenvalue weighted by atomic mass is 10.1. The van der Waals surface area contributed by atoms with Crippen molar-refractivity contribution in [2.45, 2.75) is 43.5 Å². The summed E-state index contributed by atoms with van der Waals surface area (Å²) in [5.74, 6) is -0.721. The molecule has 0 spiro atoms. The Kier molecular flexibility index (Phi) is 4.53. The minimum absolute atomic E-state index is 0.165. The third-order valence-corrected chi connectivity index (χ3v) is 5.23. The van der Waals surface area contributed by atoms with E-state index in [-0.39, 0.29) is 22.2 Å². The summed E-state index contributed by atoms with van der Waals surface area (Å²) >= 11 is 0. The number of benzene rings is 1. The average Bonchev–Trinajstić information content (AvgIpc) is 3.21. The van der Waals surface area contributed by atoms with Gasteiger partial charge in [-0.05, 0) is 37.0 Å². The molecule has 1 atom stereocenters. The van der Waals surface area contributed by atoms with Gasteiger partial charge in [-0.2, -0.15) is 0 Å². The van der Waals surface area contributed by atoms with Crippen LogP contribution < -0.4 is 10.5 Å². The first-order valence-corrected chi connectivity index (χ1v) is 8.47. The van der Waals surface area contributed by atoms with Crippen LogP contribution in [0.1, 0.15) is 43.0 Å². The Balaban J connectivity index is 2.27. The van der Waals surface area contributed by atoms with E-state index in [4.69, 9.17) is 10.8 Å². The van der Waals surface area contributed by atoms with Gasteiger partial charge in [-0.1, -0.05) is 19.8 Å². The van der Waals surface area contributed by atoms with Gasteiger partial charge in [0.05, 0.1) is 10.5 Å². The van der Waals surface area contributed by atoms with Crippen molar-refractivity contribution in [2.24, 2.45) is 5.92 Å². The van der Waals surface area contributed by atoms with Gasteiger partial charge in [-0.25, -0.2) is 17.9 Å². The Morgan fingerprint density at radius 1 is 1.48 bits per heavy atom. The minimum atomic E-state index is -3.87. The Bertz CT molecular complexity index is 638. The molecule has 21 heavy (non-hydrogen) atoms. The van der Waals surface area contributed by atoms with E-state index in [1.165, 1.54) is 18.2 Å². The van der Waals surface area contributed by atoms with E-state index in [9.17, 15) is 13.2 Å². The molecule has 2 rings (SSSR count). The number of carboxylic acid groups (broad SMARTS) is 1. The summed E-state index contributed by atoms with van der Waals surface area (Å²) in [6, 6.07) is 3.63. The van der Waals surface area contributed by atoms with Gasteiger partial charge in [0.25, 0.3) is 0 Å². The van der Waals surface area contributed by atoms with E-state index in [0.717, 1.165) is 19.3 Å². The second-order valence-electron chi connectivity index (χ2n) is 5.47. The van der Waals surface area contributed by atoms with Crippen molar-refractivity contribution in [3.63, 3.8) is 0 Å². The van der Waals surface area contributed by atoms with Crippen LogP contribution in [0.15, 0.2) is 23.1 Å². The maximum atomic E-state index is 12.4. The zero-order valence-corrected chi connectivity index (χ0v) is 12.7. The molecule has 0 heterocycles. The van der Waals surface area contributed by atoms with E-state index < -0.39 is 16.0 Å². The van der Waals surface area contributed by atoms with Crippen molar-refractivity contribution >= 4 is 21.7 Å². The van der Waals surface area contributed by atoms with E-state index in [1.807, 2.05) is 6.92 Å². The van der Waals surface area contributed by atoms with E-state index >= 15 is 0 Å². The molecule has 0 radical (unpaired) electrons. The Morgan fingerprint density at radius 3 is 2.67 bits per heavy atom. The van der Waals surface area contributed by atoms with Crippen molar-refractivity contribution in [3.8, 4) is 0 Å². The molecule has 1 aliphatic rings. The Labute approximate surface area is 124 Å². The van der Waals surface area contributed by atoms with Gasteiger partial charge in [0.15, 0.2) is 0 Å². The van der Waals surface area contributed by atoms with Crippen LogP contribution in [-0.2, 0) is 10.0 Å². The van der Waals surface area contributed by atoms with Crippen LogP contribution in [0.25, 0.3) is 0 Å². The van der Waals surface area contributed by atoms with E-state index in [2.05, 4.69) is 4.72 Å². The highest BCUT2D eigenvalue weighted by atomic mass is 32.2. The van der Waals surface area contributed by atoms with E-state index in [0.29, 0.717) is 12.3 Å². The molecule has 0 bridgehead atoms. The van der Waals surface area contributed by atoms with Gasteiger partial charge >= 0.3 is 5.97 Å². The van der Waals surface area contributed by atoms with Crippen LogP contribution in [0, 0.1) is 5.92 Å². The predicted molar refractivity (Wildman–Crippen MR) is 79.6 cm³/mol. The topological polar surface area (TPSA) is 109 Å². The molecule has 4 N–H and O–H groups in total. The summed E-state index contributed by atoms with van der Waals surface area (Å²) in [6.07, 6.45) is 3.75. The van der Waals surface area contributed by atoms with Crippen LogP contribution in [-0.4, -0.2) is 25.5 Å². The lowest BCUT2D eigenvalue weighted by Crippen LogP contribution is -2.35. The molecule has 0 amide bonds. The van der Waals surface area contributed by atoms with Gasteiger partial charge in [0.2, 0.25) is 10.0 Å². The molecule has 1 aromatic carbocycles. The lowest BCUT2D eigenvalue weighted by molar-refractivity contribution is 0.0692. The molecular weight excluding hydrogens is 292 g/mol. The molecule has 1 unspecified atom stereocenters. The largest absolute Gasteiger partial charge is 0.478 e. The zero-order valence-electron chi connectivity index (χ0n) is 11.9. The number of sulfonamides is 1. The highest BCUT2D eigenvalue weighted by molar-refractivity contribution is 7.89. The molecule has 1 aliphatic carbocycles. The fraction of sp³-hybridized carbons (Fsp3) is 0.500. The summed E-state index contributed by atoms with van der Waals surface area (Å²) in [7, 11) is -3.87. The molecule has 7 heteroatoms. The van der Waals surface area contributed by atoms with E-state index in [1.54, 1.807) is 0 Å². The van der Waals surface area contributed by atoms with Crippen LogP contribution in [0.3, 0.4) is 0 Å². The predicted octanol–water partition coefficient (Wildman–Crippen LogP) is 1.82. The number of nitrogens with one attached hydrogen (secondary N) is 1. The SMILES string of the molecule is CCC(CC1CC1)NS(=O)(=O)c1ccc(N)cc1C(=O)O. The number of rotatable bonds is 7. The molecule has 6 nitrogen and oxygen atoms in total. The van der Waals surface area contributed by atoms with Gasteiger partial charge < -0.3 is 10.8 Å². The van der Waals surface area contributed by atoms with Gasteiger partial charge in [-0.15, -0.1) is 0 Å². The number of carbonyl (C=O) groups is 1. The van der Waals surface area contributed by atoms with Crippen molar-refractivity contribution < 1.29 is 18.3 Å². The highest BCUT2D eigenvalue weighted by Crippen LogP contribution is 2.34. The molecule has 1 saturated carbocycles. The first-order valence-electron chi connectivity index (χ1n) is 6.98. The Hall–Kier alpha value is -1.60. The maximum absolute atomic E-state index is 12.4. The number of hydrogen-bond acceptors (Lipinski definition) is 4. The quantitative estimate of drug-likeness (QED) is 0.665. The number of nitrogens with two attached hydrogens (primary N) is 1. The third kappa shape index (κ3) is 3.95. The first-order chi connectivity index (χ1) is 9.83. The lowest BCUT2D eigenvalue weighted by Gasteiger charge is -2.17. The summed E-state index contributed by atoms with van der Waals surface area (Å²) in [5.41, 5.74) is 5.45. The molecule has 0 aliphatic heterocycles. The van der Waals surface area contributed by atoms with Gasteiger partial charge in [-0.3, -0.25) is 0 Å². The van der Waals surface area contributed by atoms with Crippen LogP contribution in [0.4, 0.5) is 5.69 Å². The third-order valence-electron chi connectivity index (χ3n) is 3.65. The minimum Gasteiger partial charge on any atom is -0.478 e. The summed E-state index contributed by atoms with van der Waals surface area (Å²) in [6.45, 7) is 1.91. The van der Waals surface area contributed by atoms with Gasteiger partial charge in [0.1, 0.15) is 0 Å². The van der Waals surface area contributed by atoms with Crippen molar-refractivity contribution in [1.82, 2.24) is 4.72 Å².